The Balaban J connectivity index is 2.19. The van der Waals surface area contributed by atoms with E-state index in [2.05, 4.69) is 0 Å². The molecule has 176 valence electrons. The highest BCUT2D eigenvalue weighted by Crippen LogP contribution is 2.46. The first-order valence-corrected chi connectivity index (χ1v) is 11.4. The van der Waals surface area contributed by atoms with Crippen LogP contribution < -0.4 is 9.64 Å². The van der Waals surface area contributed by atoms with E-state index in [0.29, 0.717) is 40.2 Å². The molecule has 2 aromatic rings. The van der Waals surface area contributed by atoms with Crippen LogP contribution in [0.1, 0.15) is 31.0 Å². The second-order valence-corrected chi connectivity index (χ2v) is 9.50. The highest BCUT2D eigenvalue weighted by atomic mass is 35.5. The minimum absolute atomic E-state index is 0.0552. The summed E-state index contributed by atoms with van der Waals surface area (Å²) < 4.78 is 5.98. The predicted octanol–water partition coefficient (Wildman–Crippen LogP) is 5.37. The molecular weight excluding hydrogens is 463 g/mol. The zero-order valence-electron chi connectivity index (χ0n) is 19.4. The Hall–Kier alpha value is -2.54. The number of nitrogens with zero attached hydrogens (tertiary/aromatic N) is 2. The Bertz CT molecular complexity index is 1110. The molecule has 1 aliphatic rings. The number of hydrogen-bond acceptors (Lipinski definition) is 5. The Morgan fingerprint density at radius 1 is 1.15 bits per heavy atom. The molecule has 1 unspecified atom stereocenters. The molecule has 0 spiro atoms. The molecule has 1 aliphatic heterocycles. The Morgan fingerprint density at radius 3 is 2.39 bits per heavy atom. The van der Waals surface area contributed by atoms with Gasteiger partial charge >= 0.3 is 0 Å². The molecule has 0 bridgehead atoms. The third kappa shape index (κ3) is 5.18. The summed E-state index contributed by atoms with van der Waals surface area (Å²) in [5.74, 6) is -1.54. The molecule has 33 heavy (non-hydrogen) atoms. The average molecular weight is 491 g/mol. The van der Waals surface area contributed by atoms with Crippen molar-refractivity contribution in [1.29, 1.82) is 0 Å². The SMILES string of the molecule is Cc1cc(Cl)ccc1C1C(C(=O)C(C)C)=C(O)C(=O)N1c1cc(Cl)ccc1OCCN(C)C. The average Bonchev–Trinajstić information content (AvgIpc) is 2.98. The number of anilines is 1. The van der Waals surface area contributed by atoms with Gasteiger partial charge in [-0.3, -0.25) is 14.5 Å². The molecule has 8 heteroatoms. The lowest BCUT2D eigenvalue weighted by Crippen LogP contribution is -2.32. The Labute approximate surface area is 204 Å². The number of rotatable bonds is 8. The summed E-state index contributed by atoms with van der Waals surface area (Å²) in [6.45, 7) is 6.36. The van der Waals surface area contributed by atoms with Crippen molar-refractivity contribution < 1.29 is 19.4 Å². The van der Waals surface area contributed by atoms with Crippen LogP contribution in [0.2, 0.25) is 10.0 Å². The number of benzene rings is 2. The third-order valence-electron chi connectivity index (χ3n) is 5.50. The highest BCUT2D eigenvalue weighted by molar-refractivity contribution is 6.31. The zero-order valence-corrected chi connectivity index (χ0v) is 20.9. The lowest BCUT2D eigenvalue weighted by Gasteiger charge is -2.30. The molecular formula is C25H28Cl2N2O4. The molecule has 0 saturated heterocycles. The van der Waals surface area contributed by atoms with Crippen LogP contribution in [0.25, 0.3) is 0 Å². The van der Waals surface area contributed by atoms with Gasteiger partial charge in [0.2, 0.25) is 0 Å². The van der Waals surface area contributed by atoms with Crippen molar-refractivity contribution in [2.45, 2.75) is 26.8 Å². The van der Waals surface area contributed by atoms with E-state index in [0.717, 1.165) is 5.56 Å². The van der Waals surface area contributed by atoms with E-state index in [9.17, 15) is 14.7 Å². The van der Waals surface area contributed by atoms with Crippen molar-refractivity contribution in [1.82, 2.24) is 4.90 Å². The number of amides is 1. The number of hydrogen-bond donors (Lipinski definition) is 1. The number of halogens is 2. The molecule has 0 fully saturated rings. The summed E-state index contributed by atoms with van der Waals surface area (Å²) in [6, 6.07) is 9.35. The second kappa shape index (κ2) is 10.2. The molecule has 0 radical (unpaired) electrons. The van der Waals surface area contributed by atoms with Gasteiger partial charge < -0.3 is 14.7 Å². The van der Waals surface area contributed by atoms with Gasteiger partial charge in [-0.05, 0) is 62.5 Å². The Kier molecular flexibility index (Phi) is 7.73. The van der Waals surface area contributed by atoms with Gasteiger partial charge in [0.1, 0.15) is 12.4 Å². The van der Waals surface area contributed by atoms with E-state index >= 15 is 0 Å². The fourth-order valence-electron chi connectivity index (χ4n) is 3.80. The summed E-state index contributed by atoms with van der Waals surface area (Å²) in [4.78, 5) is 29.9. The minimum atomic E-state index is -0.848. The number of likely N-dealkylation sites (N-methyl/N-ethyl adjacent to an activating group) is 1. The summed E-state index contributed by atoms with van der Waals surface area (Å²) in [7, 11) is 3.86. The van der Waals surface area contributed by atoms with Crippen LogP contribution in [0, 0.1) is 12.8 Å². The van der Waals surface area contributed by atoms with Crippen molar-refractivity contribution in [2.75, 3.05) is 32.1 Å². The number of Topliss-reactive ketones (excluding diaryl/α,β-unsaturated/α-hetero) is 1. The van der Waals surface area contributed by atoms with Crippen LogP contribution in [0.15, 0.2) is 47.7 Å². The van der Waals surface area contributed by atoms with Crippen molar-refractivity contribution in [3.05, 3.63) is 68.9 Å². The largest absolute Gasteiger partial charge is 0.503 e. The van der Waals surface area contributed by atoms with Crippen LogP contribution in [0.5, 0.6) is 5.75 Å². The molecule has 0 aromatic heterocycles. The van der Waals surface area contributed by atoms with Crippen molar-refractivity contribution in [2.24, 2.45) is 5.92 Å². The molecule has 1 N–H and O–H groups in total. The maximum atomic E-state index is 13.4. The van der Waals surface area contributed by atoms with Crippen LogP contribution in [-0.4, -0.2) is 48.9 Å². The number of carbonyl (C=O) groups excluding carboxylic acids is 2. The quantitative estimate of drug-likeness (QED) is 0.538. The summed E-state index contributed by atoms with van der Waals surface area (Å²) in [5, 5.41) is 11.8. The summed E-state index contributed by atoms with van der Waals surface area (Å²) in [6.07, 6.45) is 0. The van der Waals surface area contributed by atoms with E-state index in [-0.39, 0.29) is 11.4 Å². The molecule has 6 nitrogen and oxygen atoms in total. The minimum Gasteiger partial charge on any atom is -0.503 e. The number of ketones is 1. The van der Waals surface area contributed by atoms with Gasteiger partial charge in [0.05, 0.1) is 17.3 Å². The van der Waals surface area contributed by atoms with Crippen molar-refractivity contribution in [3.63, 3.8) is 0 Å². The molecule has 0 saturated carbocycles. The molecule has 0 aliphatic carbocycles. The lowest BCUT2D eigenvalue weighted by atomic mass is 9.89. The number of aliphatic hydroxyl groups is 1. The van der Waals surface area contributed by atoms with Crippen LogP contribution in [0.4, 0.5) is 5.69 Å². The van der Waals surface area contributed by atoms with Gasteiger partial charge in [-0.25, -0.2) is 0 Å². The second-order valence-electron chi connectivity index (χ2n) is 8.62. The lowest BCUT2D eigenvalue weighted by molar-refractivity contribution is -0.119. The summed E-state index contributed by atoms with van der Waals surface area (Å²) >= 11 is 12.5. The predicted molar refractivity (Wildman–Crippen MR) is 131 cm³/mol. The highest BCUT2D eigenvalue weighted by Gasteiger charge is 2.46. The van der Waals surface area contributed by atoms with Gasteiger partial charge in [0.15, 0.2) is 11.5 Å². The molecule has 1 amide bonds. The fraction of sp³-hybridized carbons (Fsp3) is 0.360. The monoisotopic (exact) mass is 490 g/mol. The first-order chi connectivity index (χ1) is 15.5. The van der Waals surface area contributed by atoms with E-state index in [4.69, 9.17) is 27.9 Å². The molecule has 1 atom stereocenters. The third-order valence-corrected chi connectivity index (χ3v) is 5.97. The van der Waals surface area contributed by atoms with E-state index in [1.807, 2.05) is 25.9 Å². The van der Waals surface area contributed by atoms with Crippen LogP contribution >= 0.6 is 23.2 Å². The number of ether oxygens (including phenoxy) is 1. The molecule has 3 rings (SSSR count). The standard InChI is InChI=1S/C25H28Cl2N2O4/c1-14(2)23(30)21-22(18-8-6-16(26)12-15(18)3)29(25(32)24(21)31)19-13-17(27)7-9-20(19)33-11-10-28(4)5/h6-9,12-14,22,31H,10-11H2,1-5H3. The summed E-state index contributed by atoms with van der Waals surface area (Å²) in [5.41, 5.74) is 1.90. The smallest absolute Gasteiger partial charge is 0.294 e. The Morgan fingerprint density at radius 2 is 1.79 bits per heavy atom. The van der Waals surface area contributed by atoms with Crippen molar-refractivity contribution in [3.8, 4) is 5.75 Å². The normalized spacial score (nSPS) is 16.3. The van der Waals surface area contributed by atoms with E-state index in [1.54, 1.807) is 50.2 Å². The van der Waals surface area contributed by atoms with Crippen molar-refractivity contribution >= 4 is 40.6 Å². The number of aryl methyl sites for hydroxylation is 1. The number of carbonyl (C=O) groups is 2. The topological polar surface area (TPSA) is 70.1 Å². The van der Waals surface area contributed by atoms with E-state index in [1.165, 1.54) is 4.90 Å². The van der Waals surface area contributed by atoms with Gasteiger partial charge in [0.25, 0.3) is 5.91 Å². The van der Waals surface area contributed by atoms with Gasteiger partial charge in [-0.15, -0.1) is 0 Å². The first-order valence-electron chi connectivity index (χ1n) is 10.7. The zero-order chi connectivity index (χ0) is 24.4. The van der Waals surface area contributed by atoms with Crippen LogP contribution in [0.3, 0.4) is 0 Å². The first kappa shape index (κ1) is 25.1. The van der Waals surface area contributed by atoms with E-state index < -0.39 is 23.6 Å². The van der Waals surface area contributed by atoms with Gasteiger partial charge in [0, 0.05) is 22.5 Å². The fourth-order valence-corrected chi connectivity index (χ4v) is 4.19. The van der Waals surface area contributed by atoms with Gasteiger partial charge in [-0.2, -0.15) is 0 Å². The maximum absolute atomic E-state index is 13.4. The van der Waals surface area contributed by atoms with Crippen LogP contribution in [-0.2, 0) is 9.59 Å². The number of aliphatic hydroxyl groups excluding tert-OH is 1. The molecule has 1 heterocycles. The van der Waals surface area contributed by atoms with Gasteiger partial charge in [-0.1, -0.05) is 43.1 Å². The molecule has 2 aromatic carbocycles. The maximum Gasteiger partial charge on any atom is 0.294 e.